The Labute approximate surface area is 153 Å². The van der Waals surface area contributed by atoms with Gasteiger partial charge in [-0.2, -0.15) is 13.2 Å². The van der Waals surface area contributed by atoms with E-state index in [-0.39, 0.29) is 11.7 Å². The molecule has 0 radical (unpaired) electrons. The Morgan fingerprint density at radius 2 is 2.00 bits per heavy atom. The second-order valence-electron chi connectivity index (χ2n) is 6.19. The highest BCUT2D eigenvalue weighted by Crippen LogP contribution is 2.22. The maximum atomic E-state index is 12.6. The molecule has 0 aliphatic rings. The van der Waals surface area contributed by atoms with Crippen LogP contribution >= 0.6 is 0 Å². The largest absolute Gasteiger partial charge is 0.483 e. The van der Waals surface area contributed by atoms with Gasteiger partial charge in [0.25, 0.3) is 5.91 Å². The molecule has 0 saturated heterocycles. The van der Waals surface area contributed by atoms with Gasteiger partial charge < -0.3 is 14.6 Å². The normalized spacial score (nSPS) is 12.8. The van der Waals surface area contributed by atoms with E-state index in [9.17, 15) is 18.0 Å². The van der Waals surface area contributed by atoms with Gasteiger partial charge in [-0.25, -0.2) is 0 Å². The average Bonchev–Trinajstić information content (AvgIpc) is 2.97. The third kappa shape index (κ3) is 4.39. The fraction of sp³-hybridized carbons (Fsp3) is 0.263. The van der Waals surface area contributed by atoms with E-state index in [1.54, 1.807) is 13.1 Å². The third-order valence-electron chi connectivity index (χ3n) is 4.09. The highest BCUT2D eigenvalue weighted by molar-refractivity contribution is 6.07. The molecule has 8 heteroatoms. The zero-order valence-corrected chi connectivity index (χ0v) is 14.7. The molecule has 1 atom stereocenters. The van der Waals surface area contributed by atoms with Crippen LogP contribution in [0.5, 0.6) is 5.75 Å². The van der Waals surface area contributed by atoms with Crippen LogP contribution in [0.2, 0.25) is 0 Å². The van der Waals surface area contributed by atoms with Crippen molar-refractivity contribution in [2.45, 2.75) is 19.1 Å². The number of rotatable bonds is 5. The van der Waals surface area contributed by atoms with Crippen LogP contribution in [0.3, 0.4) is 0 Å². The second-order valence-corrected chi connectivity index (χ2v) is 6.19. The summed E-state index contributed by atoms with van der Waals surface area (Å²) in [6, 6.07) is 10.1. The zero-order chi connectivity index (χ0) is 19.6. The number of nitrogens with zero attached hydrogens (tertiary/aromatic N) is 2. The highest BCUT2D eigenvalue weighted by Gasteiger charge is 2.28. The summed E-state index contributed by atoms with van der Waals surface area (Å²) < 4.78 is 43.0. The van der Waals surface area contributed by atoms with Crippen LogP contribution in [0.4, 0.5) is 13.2 Å². The molecule has 3 aromatic rings. The van der Waals surface area contributed by atoms with Gasteiger partial charge in [0, 0.05) is 24.1 Å². The monoisotopic (exact) mass is 377 g/mol. The number of alkyl halides is 3. The van der Waals surface area contributed by atoms with Crippen molar-refractivity contribution in [3.05, 3.63) is 60.0 Å². The summed E-state index contributed by atoms with van der Waals surface area (Å²) in [7, 11) is 1.86. The van der Waals surface area contributed by atoms with E-state index in [2.05, 4.69) is 15.0 Å². The van der Waals surface area contributed by atoms with Crippen molar-refractivity contribution >= 4 is 16.8 Å². The van der Waals surface area contributed by atoms with E-state index in [1.165, 1.54) is 18.3 Å². The molecule has 2 aromatic heterocycles. The number of nitrogens with one attached hydrogen (secondary N) is 1. The summed E-state index contributed by atoms with van der Waals surface area (Å²) in [6.07, 6.45) is -1.44. The van der Waals surface area contributed by atoms with Gasteiger partial charge in [0.05, 0.1) is 23.5 Å². The van der Waals surface area contributed by atoms with Crippen molar-refractivity contribution in [1.29, 1.82) is 0 Å². The molecule has 0 aliphatic carbocycles. The summed E-state index contributed by atoms with van der Waals surface area (Å²) in [5, 5.41) is 3.70. The maximum absolute atomic E-state index is 12.6. The SMILES string of the molecule is C[C@@H](NC(=O)c1cn(C)c2ccccc12)c1ccc(OCC(F)(F)F)cn1. The van der Waals surface area contributed by atoms with Crippen molar-refractivity contribution < 1.29 is 22.7 Å². The number of carbonyl (C=O) groups excluding carboxylic acids is 1. The Kier molecular flexibility index (Phi) is 5.07. The summed E-state index contributed by atoms with van der Waals surface area (Å²) >= 11 is 0. The van der Waals surface area contributed by atoms with Crippen molar-refractivity contribution in [2.24, 2.45) is 7.05 Å². The van der Waals surface area contributed by atoms with Crippen molar-refractivity contribution in [3.63, 3.8) is 0 Å². The fourth-order valence-electron chi connectivity index (χ4n) is 2.77. The predicted octanol–water partition coefficient (Wildman–Crippen LogP) is 4.01. The summed E-state index contributed by atoms with van der Waals surface area (Å²) in [4.78, 5) is 16.7. The first-order chi connectivity index (χ1) is 12.7. The van der Waals surface area contributed by atoms with Gasteiger partial charge in [-0.15, -0.1) is 0 Å². The third-order valence-corrected chi connectivity index (χ3v) is 4.09. The van der Waals surface area contributed by atoms with E-state index in [0.717, 1.165) is 10.9 Å². The van der Waals surface area contributed by atoms with Crippen LogP contribution in [-0.2, 0) is 7.05 Å². The molecule has 0 spiro atoms. The molecule has 5 nitrogen and oxygen atoms in total. The number of hydrogen-bond acceptors (Lipinski definition) is 3. The average molecular weight is 377 g/mol. The van der Waals surface area contributed by atoms with Crippen molar-refractivity contribution in [1.82, 2.24) is 14.9 Å². The first kappa shape index (κ1) is 18.8. The van der Waals surface area contributed by atoms with Crippen LogP contribution in [0, 0.1) is 0 Å². The lowest BCUT2D eigenvalue weighted by molar-refractivity contribution is -0.153. The number of ether oxygens (including phenoxy) is 1. The van der Waals surface area contributed by atoms with Gasteiger partial charge in [-0.1, -0.05) is 18.2 Å². The van der Waals surface area contributed by atoms with E-state index in [0.29, 0.717) is 11.3 Å². The lowest BCUT2D eigenvalue weighted by Crippen LogP contribution is -2.27. The minimum atomic E-state index is -4.40. The summed E-state index contributed by atoms with van der Waals surface area (Å²) in [5.74, 6) is -0.234. The minimum Gasteiger partial charge on any atom is -0.483 e. The Morgan fingerprint density at radius 1 is 1.26 bits per heavy atom. The number of benzene rings is 1. The van der Waals surface area contributed by atoms with Gasteiger partial charge in [0.15, 0.2) is 6.61 Å². The molecule has 0 saturated carbocycles. The molecule has 2 heterocycles. The van der Waals surface area contributed by atoms with Crippen LogP contribution < -0.4 is 10.1 Å². The standard InChI is InChI=1S/C19H18F3N3O2/c1-12(16-8-7-13(9-23-16)27-11-19(20,21)22)24-18(26)15-10-25(2)17-6-4-3-5-14(15)17/h3-10,12H,11H2,1-2H3,(H,24,26)/t12-/m1/s1. The number of aromatic nitrogens is 2. The van der Waals surface area contributed by atoms with E-state index in [4.69, 9.17) is 0 Å². The first-order valence-electron chi connectivity index (χ1n) is 8.25. The molecule has 0 bridgehead atoms. The number of halogens is 3. The molecule has 0 fully saturated rings. The second kappa shape index (κ2) is 7.30. The molecule has 27 heavy (non-hydrogen) atoms. The Balaban J connectivity index is 1.69. The van der Waals surface area contributed by atoms with Gasteiger partial charge in [0.1, 0.15) is 5.75 Å². The number of para-hydroxylation sites is 1. The van der Waals surface area contributed by atoms with Crippen LogP contribution in [0.15, 0.2) is 48.8 Å². The number of pyridine rings is 1. The first-order valence-corrected chi connectivity index (χ1v) is 8.25. The van der Waals surface area contributed by atoms with E-state index < -0.39 is 18.8 Å². The highest BCUT2D eigenvalue weighted by atomic mass is 19.4. The number of amides is 1. The lowest BCUT2D eigenvalue weighted by Gasteiger charge is -2.14. The number of aryl methyl sites for hydroxylation is 1. The number of carbonyl (C=O) groups is 1. The van der Waals surface area contributed by atoms with Crippen LogP contribution in [0.1, 0.15) is 29.0 Å². The number of hydrogen-bond donors (Lipinski definition) is 1. The molecule has 0 unspecified atom stereocenters. The minimum absolute atomic E-state index is 0.0173. The van der Waals surface area contributed by atoms with Crippen LogP contribution in [-0.4, -0.2) is 28.2 Å². The van der Waals surface area contributed by atoms with Gasteiger partial charge in [-0.3, -0.25) is 9.78 Å². The molecule has 0 aliphatic heterocycles. The number of fused-ring (bicyclic) bond motifs is 1. The molecule has 142 valence electrons. The van der Waals surface area contributed by atoms with Gasteiger partial charge >= 0.3 is 6.18 Å². The van der Waals surface area contributed by atoms with E-state index >= 15 is 0 Å². The smallest absolute Gasteiger partial charge is 0.422 e. The van der Waals surface area contributed by atoms with Crippen molar-refractivity contribution in [3.8, 4) is 5.75 Å². The quantitative estimate of drug-likeness (QED) is 0.731. The summed E-state index contributed by atoms with van der Waals surface area (Å²) in [6.45, 7) is 0.378. The topological polar surface area (TPSA) is 56.2 Å². The zero-order valence-electron chi connectivity index (χ0n) is 14.7. The Morgan fingerprint density at radius 3 is 2.67 bits per heavy atom. The maximum Gasteiger partial charge on any atom is 0.422 e. The van der Waals surface area contributed by atoms with Crippen molar-refractivity contribution in [2.75, 3.05) is 6.61 Å². The van der Waals surface area contributed by atoms with Gasteiger partial charge in [0.2, 0.25) is 0 Å². The Bertz CT molecular complexity index is 949. The predicted molar refractivity (Wildman–Crippen MR) is 94.6 cm³/mol. The molecule has 1 N–H and O–H groups in total. The van der Waals surface area contributed by atoms with Gasteiger partial charge in [-0.05, 0) is 25.1 Å². The molecule has 3 rings (SSSR count). The fourth-order valence-corrected chi connectivity index (χ4v) is 2.77. The lowest BCUT2D eigenvalue weighted by atomic mass is 10.1. The molecule has 1 aromatic carbocycles. The molecular weight excluding hydrogens is 359 g/mol. The Hall–Kier alpha value is -3.03. The summed E-state index contributed by atoms with van der Waals surface area (Å²) in [5.41, 5.74) is 2.01. The molecular formula is C19H18F3N3O2. The van der Waals surface area contributed by atoms with Crippen LogP contribution in [0.25, 0.3) is 10.9 Å². The van der Waals surface area contributed by atoms with E-state index in [1.807, 2.05) is 35.9 Å². The molecule has 1 amide bonds.